The van der Waals surface area contributed by atoms with Gasteiger partial charge in [0.25, 0.3) is 0 Å². The molecule has 0 saturated carbocycles. The number of ether oxygens (including phenoxy) is 2. The van der Waals surface area contributed by atoms with Gasteiger partial charge in [-0.05, 0) is 41.1 Å². The zero-order valence-electron chi connectivity index (χ0n) is 14.0. The number of ketones is 1. The Bertz CT molecular complexity index is 957. The molecule has 0 aliphatic heterocycles. The minimum atomic E-state index is -0.296. The third kappa shape index (κ3) is 3.33. The van der Waals surface area contributed by atoms with Gasteiger partial charge < -0.3 is 14.6 Å². The predicted octanol–water partition coefficient (Wildman–Crippen LogP) is 4.46. The molecule has 4 nitrogen and oxygen atoms in total. The topological polar surface area (TPSA) is 55.8 Å². The number of benzene rings is 3. The number of phenols is 1. The summed E-state index contributed by atoms with van der Waals surface area (Å²) in [6, 6.07) is 16.3. The van der Waals surface area contributed by atoms with Crippen LogP contribution in [0, 0.1) is 0 Å². The van der Waals surface area contributed by atoms with Gasteiger partial charge in [0.1, 0.15) is 17.2 Å². The average molecular weight is 334 g/mol. The molecule has 4 heteroatoms. The highest BCUT2D eigenvalue weighted by Gasteiger charge is 2.11. The Balaban J connectivity index is 1.99. The Hall–Kier alpha value is -3.27. The molecule has 3 aromatic rings. The summed E-state index contributed by atoms with van der Waals surface area (Å²) < 4.78 is 10.4. The summed E-state index contributed by atoms with van der Waals surface area (Å²) >= 11 is 0. The molecule has 25 heavy (non-hydrogen) atoms. The van der Waals surface area contributed by atoms with Gasteiger partial charge in [-0.25, -0.2) is 0 Å². The average Bonchev–Trinajstić information content (AvgIpc) is 2.65. The third-order valence-corrected chi connectivity index (χ3v) is 4.02. The summed E-state index contributed by atoms with van der Waals surface area (Å²) in [6.45, 7) is 0. The van der Waals surface area contributed by atoms with Crippen LogP contribution < -0.4 is 9.47 Å². The van der Waals surface area contributed by atoms with Crippen molar-refractivity contribution in [2.24, 2.45) is 0 Å². The largest absolute Gasteiger partial charge is 0.507 e. The summed E-state index contributed by atoms with van der Waals surface area (Å²) in [7, 11) is 3.10. The van der Waals surface area contributed by atoms with Crippen molar-refractivity contribution in [3.05, 3.63) is 71.8 Å². The van der Waals surface area contributed by atoms with Gasteiger partial charge in [-0.15, -0.1) is 0 Å². The van der Waals surface area contributed by atoms with Crippen molar-refractivity contribution in [3.8, 4) is 17.2 Å². The van der Waals surface area contributed by atoms with Crippen molar-refractivity contribution >= 4 is 22.6 Å². The number of aromatic hydroxyl groups is 1. The van der Waals surface area contributed by atoms with Gasteiger partial charge in [-0.2, -0.15) is 0 Å². The number of fused-ring (bicyclic) bond motifs is 1. The molecular formula is C21H18O4. The van der Waals surface area contributed by atoms with Gasteiger partial charge in [-0.1, -0.05) is 30.3 Å². The molecule has 0 aliphatic rings. The number of carbonyl (C=O) groups is 1. The van der Waals surface area contributed by atoms with Crippen molar-refractivity contribution in [1.29, 1.82) is 0 Å². The van der Waals surface area contributed by atoms with E-state index in [-0.39, 0.29) is 17.1 Å². The van der Waals surface area contributed by atoms with Crippen LogP contribution in [-0.4, -0.2) is 25.1 Å². The minimum Gasteiger partial charge on any atom is -0.507 e. The van der Waals surface area contributed by atoms with Gasteiger partial charge in [-0.3, -0.25) is 4.79 Å². The second kappa shape index (κ2) is 7.09. The summed E-state index contributed by atoms with van der Waals surface area (Å²) in [5.41, 5.74) is 1.04. The number of carbonyl (C=O) groups excluding carboxylic acids is 1. The Labute approximate surface area is 145 Å². The van der Waals surface area contributed by atoms with Crippen LogP contribution in [0.2, 0.25) is 0 Å². The molecule has 0 heterocycles. The Morgan fingerprint density at radius 1 is 1.00 bits per heavy atom. The molecule has 0 radical (unpaired) electrons. The zero-order valence-corrected chi connectivity index (χ0v) is 14.0. The first-order valence-electron chi connectivity index (χ1n) is 7.79. The summed E-state index contributed by atoms with van der Waals surface area (Å²) in [6.07, 6.45) is 3.15. The lowest BCUT2D eigenvalue weighted by atomic mass is 10.0. The van der Waals surface area contributed by atoms with Crippen LogP contribution in [0.15, 0.2) is 60.7 Å². The number of hydrogen-bond acceptors (Lipinski definition) is 4. The number of rotatable bonds is 5. The van der Waals surface area contributed by atoms with E-state index in [1.165, 1.54) is 19.3 Å². The first-order valence-corrected chi connectivity index (χ1v) is 7.79. The number of allylic oxidation sites excluding steroid dienone is 1. The molecule has 0 unspecified atom stereocenters. The van der Waals surface area contributed by atoms with Crippen molar-refractivity contribution in [2.45, 2.75) is 0 Å². The normalized spacial score (nSPS) is 11.0. The highest BCUT2D eigenvalue weighted by molar-refractivity contribution is 6.09. The van der Waals surface area contributed by atoms with Gasteiger partial charge in [0.05, 0.1) is 19.8 Å². The smallest absolute Gasteiger partial charge is 0.189 e. The lowest BCUT2D eigenvalue weighted by Crippen LogP contribution is -1.96. The van der Waals surface area contributed by atoms with E-state index < -0.39 is 0 Å². The second-order valence-electron chi connectivity index (χ2n) is 5.48. The lowest BCUT2D eigenvalue weighted by Gasteiger charge is -2.09. The monoisotopic (exact) mass is 334 g/mol. The van der Waals surface area contributed by atoms with Gasteiger partial charge >= 0.3 is 0 Å². The van der Waals surface area contributed by atoms with Gasteiger partial charge in [0, 0.05) is 11.6 Å². The Morgan fingerprint density at radius 3 is 2.52 bits per heavy atom. The maximum Gasteiger partial charge on any atom is 0.189 e. The van der Waals surface area contributed by atoms with Crippen molar-refractivity contribution in [2.75, 3.05) is 14.2 Å². The molecular weight excluding hydrogens is 316 g/mol. The highest BCUT2D eigenvalue weighted by atomic mass is 16.5. The number of hydrogen-bond donors (Lipinski definition) is 1. The molecule has 0 spiro atoms. The second-order valence-corrected chi connectivity index (χ2v) is 5.48. The van der Waals surface area contributed by atoms with E-state index in [2.05, 4.69) is 0 Å². The van der Waals surface area contributed by atoms with Crippen molar-refractivity contribution in [1.82, 2.24) is 0 Å². The van der Waals surface area contributed by atoms with Crippen LogP contribution in [0.25, 0.3) is 16.8 Å². The number of methoxy groups -OCH3 is 2. The van der Waals surface area contributed by atoms with E-state index in [9.17, 15) is 9.90 Å². The molecule has 0 amide bonds. The highest BCUT2D eigenvalue weighted by Crippen LogP contribution is 2.30. The quantitative estimate of drug-likeness (QED) is 0.553. The van der Waals surface area contributed by atoms with Crippen LogP contribution in [0.4, 0.5) is 0 Å². The zero-order chi connectivity index (χ0) is 17.8. The van der Waals surface area contributed by atoms with E-state index in [4.69, 9.17) is 9.47 Å². The lowest BCUT2D eigenvalue weighted by molar-refractivity contribution is 0.104. The number of phenolic OH excluding ortho intramolecular Hbond substituents is 1. The molecule has 0 fully saturated rings. The van der Waals surface area contributed by atoms with Crippen LogP contribution in [0.5, 0.6) is 17.2 Å². The molecule has 0 aliphatic carbocycles. The van der Waals surface area contributed by atoms with Crippen LogP contribution in [-0.2, 0) is 0 Å². The van der Waals surface area contributed by atoms with E-state index in [0.29, 0.717) is 11.5 Å². The first-order chi connectivity index (χ1) is 12.1. The maximum absolute atomic E-state index is 12.4. The van der Waals surface area contributed by atoms with Crippen LogP contribution in [0.1, 0.15) is 15.9 Å². The van der Waals surface area contributed by atoms with E-state index in [1.54, 1.807) is 25.3 Å². The first kappa shape index (κ1) is 16.6. The molecule has 3 rings (SSSR count). The van der Waals surface area contributed by atoms with Gasteiger partial charge in [0.15, 0.2) is 5.78 Å². The molecule has 0 atom stereocenters. The predicted molar refractivity (Wildman–Crippen MR) is 98.5 cm³/mol. The molecule has 126 valence electrons. The fourth-order valence-corrected chi connectivity index (χ4v) is 2.72. The molecule has 3 aromatic carbocycles. The Morgan fingerprint density at radius 2 is 1.80 bits per heavy atom. The summed E-state index contributed by atoms with van der Waals surface area (Å²) in [5, 5.41) is 12.1. The molecule has 0 bridgehead atoms. The fourth-order valence-electron chi connectivity index (χ4n) is 2.72. The van der Waals surface area contributed by atoms with E-state index in [1.807, 2.05) is 36.4 Å². The standard InChI is InChI=1S/C21H18O4/c1-24-15-8-9-18(20(23)13-15)19(22)11-10-17-16-6-4-3-5-14(16)7-12-21(17)25-2/h3-13,23H,1-2H3/b11-10+. The van der Waals surface area contributed by atoms with Gasteiger partial charge in [0.2, 0.25) is 0 Å². The minimum absolute atomic E-state index is 0.112. The molecule has 0 saturated heterocycles. The van der Waals surface area contributed by atoms with Crippen molar-refractivity contribution in [3.63, 3.8) is 0 Å². The van der Waals surface area contributed by atoms with E-state index >= 15 is 0 Å². The Kier molecular flexibility index (Phi) is 4.70. The molecule has 0 aromatic heterocycles. The summed E-state index contributed by atoms with van der Waals surface area (Å²) in [4.78, 5) is 12.4. The van der Waals surface area contributed by atoms with Crippen LogP contribution in [0.3, 0.4) is 0 Å². The summed E-state index contributed by atoms with van der Waals surface area (Å²) in [5.74, 6) is 0.768. The molecule has 1 N–H and O–H groups in total. The SMILES string of the molecule is COc1ccc(C(=O)/C=C/c2c(OC)ccc3ccccc23)c(O)c1. The maximum atomic E-state index is 12.4. The van der Waals surface area contributed by atoms with E-state index in [0.717, 1.165) is 16.3 Å². The van der Waals surface area contributed by atoms with Crippen LogP contribution >= 0.6 is 0 Å². The third-order valence-electron chi connectivity index (χ3n) is 4.02. The fraction of sp³-hybridized carbons (Fsp3) is 0.0952. The van der Waals surface area contributed by atoms with Crippen molar-refractivity contribution < 1.29 is 19.4 Å².